The Labute approximate surface area is 227 Å². The number of benzene rings is 3. The van der Waals surface area contributed by atoms with E-state index in [9.17, 15) is 19.5 Å². The summed E-state index contributed by atoms with van der Waals surface area (Å²) in [5.74, 6) is -1.58. The number of carbonyl (C=O) groups is 3. The van der Waals surface area contributed by atoms with E-state index in [1.807, 2.05) is 48.5 Å². The number of anilines is 1. The van der Waals surface area contributed by atoms with Crippen LogP contribution in [-0.2, 0) is 14.3 Å². The third-order valence-corrected chi connectivity index (χ3v) is 6.79. The van der Waals surface area contributed by atoms with Crippen molar-refractivity contribution in [2.75, 3.05) is 32.3 Å². The molecule has 2 N–H and O–H groups in total. The number of alkyl carbamates (subject to hydrolysis) is 1. The maximum absolute atomic E-state index is 13.7. The Morgan fingerprint density at radius 3 is 2.08 bits per heavy atom. The predicted octanol–water partition coefficient (Wildman–Crippen LogP) is 4.68. The van der Waals surface area contributed by atoms with E-state index in [0.29, 0.717) is 5.75 Å². The van der Waals surface area contributed by atoms with Crippen molar-refractivity contribution in [2.45, 2.75) is 25.8 Å². The summed E-state index contributed by atoms with van der Waals surface area (Å²) >= 11 is 0. The van der Waals surface area contributed by atoms with Gasteiger partial charge in [0.15, 0.2) is 0 Å². The van der Waals surface area contributed by atoms with E-state index in [4.69, 9.17) is 14.2 Å². The van der Waals surface area contributed by atoms with E-state index in [0.717, 1.165) is 27.2 Å². The van der Waals surface area contributed by atoms with Crippen molar-refractivity contribution >= 4 is 23.7 Å². The third-order valence-electron chi connectivity index (χ3n) is 6.79. The first kappa shape index (κ1) is 27.5. The van der Waals surface area contributed by atoms with Gasteiger partial charge in [-0.3, -0.25) is 14.5 Å². The number of carbonyl (C=O) groups excluding carboxylic acids is 2. The fourth-order valence-corrected chi connectivity index (χ4v) is 4.87. The lowest BCUT2D eigenvalue weighted by molar-refractivity contribution is -0.137. The normalized spacial score (nSPS) is 12.7. The molecule has 0 saturated heterocycles. The number of fused-ring (bicyclic) bond motifs is 3. The summed E-state index contributed by atoms with van der Waals surface area (Å²) in [4.78, 5) is 39.4. The minimum atomic E-state index is -1.22. The molecule has 4 rings (SSSR count). The Hall–Kier alpha value is -4.53. The molecule has 0 aromatic heterocycles. The Kier molecular flexibility index (Phi) is 8.39. The minimum absolute atomic E-state index is 0.0873. The molecule has 3 aromatic carbocycles. The second kappa shape index (κ2) is 11.9. The zero-order valence-corrected chi connectivity index (χ0v) is 22.3. The van der Waals surface area contributed by atoms with Gasteiger partial charge >= 0.3 is 12.1 Å². The van der Waals surface area contributed by atoms with Gasteiger partial charge in [0.25, 0.3) is 5.91 Å². The quantitative estimate of drug-likeness (QED) is 0.390. The highest BCUT2D eigenvalue weighted by atomic mass is 16.5. The van der Waals surface area contributed by atoms with Crippen molar-refractivity contribution in [3.8, 4) is 22.6 Å². The molecule has 0 bridgehead atoms. The Bertz CT molecular complexity index is 1330. The van der Waals surface area contributed by atoms with E-state index in [1.165, 1.54) is 14.2 Å². The summed E-state index contributed by atoms with van der Waals surface area (Å²) in [6, 6.07) is 19.7. The molecule has 0 spiro atoms. The van der Waals surface area contributed by atoms with E-state index >= 15 is 0 Å². The lowest BCUT2D eigenvalue weighted by Gasteiger charge is -2.29. The van der Waals surface area contributed by atoms with Gasteiger partial charge in [-0.05, 0) is 40.3 Å². The third kappa shape index (κ3) is 5.82. The first-order valence-corrected chi connectivity index (χ1v) is 12.6. The summed E-state index contributed by atoms with van der Waals surface area (Å²) in [6.45, 7) is 2.98. The fraction of sp³-hybridized carbons (Fsp3) is 0.300. The average Bonchev–Trinajstić information content (AvgIpc) is 3.26. The van der Waals surface area contributed by atoms with E-state index in [2.05, 4.69) is 5.32 Å². The van der Waals surface area contributed by atoms with Crippen molar-refractivity contribution in [3.05, 3.63) is 77.9 Å². The van der Waals surface area contributed by atoms with Crippen LogP contribution >= 0.6 is 0 Å². The number of carboxylic acid groups (broad SMARTS) is 1. The highest BCUT2D eigenvalue weighted by Crippen LogP contribution is 2.44. The second-order valence-corrected chi connectivity index (χ2v) is 9.55. The van der Waals surface area contributed by atoms with Gasteiger partial charge < -0.3 is 24.6 Å². The monoisotopic (exact) mass is 532 g/mol. The molecule has 1 aliphatic rings. The van der Waals surface area contributed by atoms with Crippen LogP contribution in [0.25, 0.3) is 11.1 Å². The van der Waals surface area contributed by atoms with Crippen molar-refractivity contribution in [1.29, 1.82) is 0 Å². The lowest BCUT2D eigenvalue weighted by atomic mass is 9.98. The van der Waals surface area contributed by atoms with Crippen LogP contribution < -0.4 is 19.7 Å². The van der Waals surface area contributed by atoms with Gasteiger partial charge in [0.2, 0.25) is 0 Å². The highest BCUT2D eigenvalue weighted by molar-refractivity contribution is 6.03. The molecule has 0 fully saturated rings. The number of rotatable bonds is 10. The molecule has 2 amide bonds. The summed E-state index contributed by atoms with van der Waals surface area (Å²) in [5.41, 5.74) is 4.60. The van der Waals surface area contributed by atoms with Crippen LogP contribution in [0.2, 0.25) is 0 Å². The maximum atomic E-state index is 13.7. The Morgan fingerprint density at radius 1 is 0.923 bits per heavy atom. The van der Waals surface area contributed by atoms with Gasteiger partial charge in [0.05, 0.1) is 19.9 Å². The fourth-order valence-electron chi connectivity index (χ4n) is 4.87. The molecule has 204 valence electrons. The van der Waals surface area contributed by atoms with Gasteiger partial charge in [-0.1, -0.05) is 62.4 Å². The number of ether oxygens (including phenoxy) is 3. The van der Waals surface area contributed by atoms with Crippen molar-refractivity contribution in [1.82, 2.24) is 5.32 Å². The molecule has 0 aliphatic heterocycles. The van der Waals surface area contributed by atoms with Gasteiger partial charge in [0, 0.05) is 12.0 Å². The summed E-state index contributed by atoms with van der Waals surface area (Å²) < 4.78 is 16.2. The van der Waals surface area contributed by atoms with Gasteiger partial charge in [0.1, 0.15) is 30.7 Å². The molecule has 0 radical (unpaired) electrons. The van der Waals surface area contributed by atoms with Crippen LogP contribution in [0.15, 0.2) is 66.7 Å². The van der Waals surface area contributed by atoms with Crippen molar-refractivity contribution in [3.63, 3.8) is 0 Å². The maximum Gasteiger partial charge on any atom is 0.407 e. The number of aliphatic carboxylic acids is 1. The molecule has 39 heavy (non-hydrogen) atoms. The first-order chi connectivity index (χ1) is 18.7. The molecule has 1 atom stereocenters. The SMILES string of the molecule is COc1ccc(N(CC(=O)O)C(=O)[C@@H](NC(=O)OCC2c3ccccc3-c3ccccc32)C(C)C)c(OC)c1. The molecule has 3 aromatic rings. The number of hydrogen-bond donors (Lipinski definition) is 2. The predicted molar refractivity (Wildman–Crippen MR) is 146 cm³/mol. The zero-order chi connectivity index (χ0) is 28.1. The molecular formula is C30H32N2O7. The Morgan fingerprint density at radius 2 is 1.54 bits per heavy atom. The van der Waals surface area contributed by atoms with E-state index < -0.39 is 30.6 Å². The molecule has 0 heterocycles. The van der Waals surface area contributed by atoms with E-state index in [1.54, 1.807) is 32.0 Å². The van der Waals surface area contributed by atoms with Crippen molar-refractivity contribution in [2.24, 2.45) is 5.92 Å². The Balaban J connectivity index is 1.52. The molecule has 0 saturated carbocycles. The van der Waals surface area contributed by atoms with Crippen LogP contribution in [0.3, 0.4) is 0 Å². The van der Waals surface area contributed by atoms with Crippen LogP contribution in [0.5, 0.6) is 11.5 Å². The summed E-state index contributed by atoms with van der Waals surface area (Å²) in [5, 5.41) is 12.2. The zero-order valence-electron chi connectivity index (χ0n) is 22.3. The van der Waals surface area contributed by atoms with E-state index in [-0.39, 0.29) is 29.9 Å². The largest absolute Gasteiger partial charge is 0.497 e. The number of hydrogen-bond acceptors (Lipinski definition) is 6. The van der Waals surface area contributed by atoms with Gasteiger partial charge in [-0.25, -0.2) is 4.79 Å². The highest BCUT2D eigenvalue weighted by Gasteiger charge is 2.34. The first-order valence-electron chi connectivity index (χ1n) is 12.6. The number of carboxylic acids is 1. The molecule has 1 aliphatic carbocycles. The molecular weight excluding hydrogens is 500 g/mol. The molecule has 0 unspecified atom stereocenters. The van der Waals surface area contributed by atoms with Crippen LogP contribution in [0.4, 0.5) is 10.5 Å². The van der Waals surface area contributed by atoms with Crippen LogP contribution in [0, 0.1) is 5.92 Å². The van der Waals surface area contributed by atoms with Crippen molar-refractivity contribution < 1.29 is 33.7 Å². The smallest absolute Gasteiger partial charge is 0.407 e. The van der Waals surface area contributed by atoms with Gasteiger partial charge in [-0.15, -0.1) is 0 Å². The standard InChI is InChI=1S/C30H32N2O7/c1-18(2)28(29(35)32(16-27(33)34)25-14-13-19(37-3)15-26(25)38-4)31-30(36)39-17-24-22-11-7-5-9-20(22)21-10-6-8-12-23(21)24/h5-15,18,24,28H,16-17H2,1-4H3,(H,31,36)(H,33,34)/t28-/m0/s1. The lowest BCUT2D eigenvalue weighted by Crippen LogP contribution is -2.52. The second-order valence-electron chi connectivity index (χ2n) is 9.55. The number of methoxy groups -OCH3 is 2. The molecule has 9 nitrogen and oxygen atoms in total. The number of nitrogens with one attached hydrogen (secondary N) is 1. The van der Waals surface area contributed by atoms with Crippen LogP contribution in [0.1, 0.15) is 30.9 Å². The summed E-state index contributed by atoms with van der Waals surface area (Å²) in [6.07, 6.45) is -0.763. The average molecular weight is 533 g/mol. The topological polar surface area (TPSA) is 114 Å². The number of nitrogens with zero attached hydrogens (tertiary/aromatic N) is 1. The number of amides is 2. The molecule has 9 heteroatoms. The summed E-state index contributed by atoms with van der Waals surface area (Å²) in [7, 11) is 2.90. The van der Waals surface area contributed by atoms with Gasteiger partial charge in [-0.2, -0.15) is 0 Å². The minimum Gasteiger partial charge on any atom is -0.497 e. The van der Waals surface area contributed by atoms with Crippen LogP contribution in [-0.4, -0.2) is 56.5 Å².